The Kier molecular flexibility index (Phi) is 4.55. The summed E-state index contributed by atoms with van der Waals surface area (Å²) in [6.45, 7) is 2.16. The van der Waals surface area contributed by atoms with E-state index >= 15 is 0 Å². The highest BCUT2D eigenvalue weighted by Gasteiger charge is 2.33. The number of halogens is 2. The summed E-state index contributed by atoms with van der Waals surface area (Å²) >= 11 is 10.1. The van der Waals surface area contributed by atoms with E-state index in [2.05, 4.69) is 53.4 Å². The van der Waals surface area contributed by atoms with E-state index in [0.29, 0.717) is 11.8 Å². The Labute approximate surface area is 157 Å². The van der Waals surface area contributed by atoms with Crippen LogP contribution < -0.4 is 10.8 Å². The lowest BCUT2D eigenvalue weighted by atomic mass is 9.76. The molecule has 1 aliphatic heterocycles. The Morgan fingerprint density at radius 3 is 2.67 bits per heavy atom. The fourth-order valence-electron chi connectivity index (χ4n) is 4.02. The summed E-state index contributed by atoms with van der Waals surface area (Å²) in [6.07, 6.45) is 8.73. The minimum absolute atomic E-state index is 0.305. The molecule has 24 heavy (non-hydrogen) atoms. The molecule has 1 aromatic heterocycles. The van der Waals surface area contributed by atoms with Gasteiger partial charge in [0.25, 0.3) is 0 Å². The molecule has 0 saturated carbocycles. The van der Waals surface area contributed by atoms with Crippen molar-refractivity contribution in [1.82, 2.24) is 10.3 Å². The van der Waals surface area contributed by atoms with Gasteiger partial charge in [-0.3, -0.25) is 4.98 Å². The van der Waals surface area contributed by atoms with Gasteiger partial charge in [0.1, 0.15) is 7.85 Å². The zero-order valence-electron chi connectivity index (χ0n) is 13.7. The molecule has 1 aliphatic carbocycles. The number of fused-ring (bicyclic) bond motifs is 2. The summed E-state index contributed by atoms with van der Waals surface area (Å²) in [7, 11) is 2.10. The summed E-state index contributed by atoms with van der Waals surface area (Å²) in [6, 6.07) is 6.33. The third-order valence-corrected chi connectivity index (χ3v) is 5.99. The van der Waals surface area contributed by atoms with Crippen LogP contribution in [0.4, 0.5) is 0 Å². The standard InChI is InChI=1S/C19H19BBrClN2/c20-14-7-13-2-1-12-8-15(22)9-16(21)17(12)18(19(13)24-10-14)11-3-5-23-6-4-11/h1-2,7-11,18,23H,3-6,20H2. The summed E-state index contributed by atoms with van der Waals surface area (Å²) in [5, 5.41) is 4.25. The fraction of sp³-hybridized carbons (Fsp3) is 0.316. The number of aromatic nitrogens is 1. The summed E-state index contributed by atoms with van der Waals surface area (Å²) < 4.78 is 1.09. The number of hydrogen-bond donors (Lipinski definition) is 1. The highest BCUT2D eigenvalue weighted by Crippen LogP contribution is 2.45. The number of piperidine rings is 1. The first-order valence-corrected chi connectivity index (χ1v) is 9.65. The molecule has 1 aromatic carbocycles. The maximum atomic E-state index is 6.32. The Balaban J connectivity index is 1.94. The van der Waals surface area contributed by atoms with Crippen LogP contribution in [0.15, 0.2) is 28.9 Å². The van der Waals surface area contributed by atoms with Crippen LogP contribution in [0.3, 0.4) is 0 Å². The number of benzene rings is 1. The van der Waals surface area contributed by atoms with E-state index in [4.69, 9.17) is 16.6 Å². The quantitative estimate of drug-likeness (QED) is 0.741. The number of nitrogens with zero attached hydrogens (tertiary/aromatic N) is 1. The number of pyridine rings is 1. The largest absolute Gasteiger partial charge is 0.317 e. The van der Waals surface area contributed by atoms with Gasteiger partial charge in [0.2, 0.25) is 0 Å². The number of nitrogens with one attached hydrogen (secondary N) is 1. The van der Waals surface area contributed by atoms with E-state index < -0.39 is 0 Å². The number of hydrogen-bond acceptors (Lipinski definition) is 2. The minimum Gasteiger partial charge on any atom is -0.317 e. The van der Waals surface area contributed by atoms with Crippen molar-refractivity contribution in [2.45, 2.75) is 18.8 Å². The molecule has 1 N–H and O–H groups in total. The molecule has 2 nitrogen and oxygen atoms in total. The van der Waals surface area contributed by atoms with E-state index in [1.807, 2.05) is 12.3 Å². The van der Waals surface area contributed by atoms with Crippen molar-refractivity contribution < 1.29 is 0 Å². The molecule has 2 heterocycles. The van der Waals surface area contributed by atoms with E-state index in [1.54, 1.807) is 0 Å². The van der Waals surface area contributed by atoms with Crippen LogP contribution in [0.5, 0.6) is 0 Å². The van der Waals surface area contributed by atoms with Crippen LogP contribution in [-0.2, 0) is 0 Å². The highest BCUT2D eigenvalue weighted by molar-refractivity contribution is 9.10. The first-order chi connectivity index (χ1) is 11.6. The van der Waals surface area contributed by atoms with E-state index in [-0.39, 0.29) is 0 Å². The molecule has 0 amide bonds. The maximum absolute atomic E-state index is 6.32. The molecule has 0 spiro atoms. The molecule has 1 atom stereocenters. The summed E-state index contributed by atoms with van der Waals surface area (Å²) in [5.41, 5.74) is 6.17. The second-order valence-corrected chi connectivity index (χ2v) is 8.07. The molecule has 1 fully saturated rings. The monoisotopic (exact) mass is 400 g/mol. The molecule has 2 aliphatic rings. The Morgan fingerprint density at radius 1 is 1.12 bits per heavy atom. The van der Waals surface area contributed by atoms with Gasteiger partial charge in [0, 0.05) is 21.6 Å². The molecule has 5 heteroatoms. The van der Waals surface area contributed by atoms with Crippen molar-refractivity contribution >= 4 is 53.0 Å². The van der Waals surface area contributed by atoms with Crippen molar-refractivity contribution in [2.24, 2.45) is 5.92 Å². The third-order valence-electron chi connectivity index (χ3n) is 5.12. The van der Waals surface area contributed by atoms with Crippen LogP contribution in [-0.4, -0.2) is 25.9 Å². The second kappa shape index (κ2) is 6.66. The molecular formula is C19H19BBrClN2. The lowest BCUT2D eigenvalue weighted by molar-refractivity contribution is 0.338. The van der Waals surface area contributed by atoms with Gasteiger partial charge in [-0.2, -0.15) is 0 Å². The lowest BCUT2D eigenvalue weighted by Gasteiger charge is -2.32. The molecule has 4 rings (SSSR count). The first kappa shape index (κ1) is 16.4. The molecular weight excluding hydrogens is 382 g/mol. The van der Waals surface area contributed by atoms with Crippen LogP contribution >= 0.6 is 27.5 Å². The average Bonchev–Trinajstić information content (AvgIpc) is 2.72. The maximum Gasteiger partial charge on any atom is 0.141 e. The van der Waals surface area contributed by atoms with Gasteiger partial charge in [-0.1, -0.05) is 51.2 Å². The summed E-state index contributed by atoms with van der Waals surface area (Å²) in [4.78, 5) is 4.87. The predicted molar refractivity (Wildman–Crippen MR) is 108 cm³/mol. The van der Waals surface area contributed by atoms with Crippen LogP contribution in [0.1, 0.15) is 41.1 Å². The van der Waals surface area contributed by atoms with Gasteiger partial charge in [-0.15, -0.1) is 0 Å². The minimum atomic E-state index is 0.305. The zero-order chi connectivity index (χ0) is 16.7. The van der Waals surface area contributed by atoms with Gasteiger partial charge in [-0.05, 0) is 60.7 Å². The third kappa shape index (κ3) is 2.96. The van der Waals surface area contributed by atoms with Crippen molar-refractivity contribution in [3.8, 4) is 0 Å². The molecule has 0 bridgehead atoms. The first-order valence-electron chi connectivity index (χ1n) is 8.48. The normalized spacial score (nSPS) is 20.3. The van der Waals surface area contributed by atoms with E-state index in [0.717, 1.165) is 22.6 Å². The summed E-state index contributed by atoms with van der Waals surface area (Å²) in [5.74, 6) is 0.899. The van der Waals surface area contributed by atoms with Gasteiger partial charge in [0.05, 0.1) is 5.69 Å². The van der Waals surface area contributed by atoms with Crippen LogP contribution in [0.2, 0.25) is 5.02 Å². The molecule has 1 saturated heterocycles. The fourth-order valence-corrected chi connectivity index (χ4v) is 5.10. The SMILES string of the molecule is Bc1cnc2c(c1)C=Cc1cc(Cl)cc(Br)c1C2C1CCNCC1. The van der Waals surface area contributed by atoms with Gasteiger partial charge in [-0.25, -0.2) is 0 Å². The average molecular weight is 402 g/mol. The van der Waals surface area contributed by atoms with Crippen molar-refractivity contribution in [1.29, 1.82) is 0 Å². The van der Waals surface area contributed by atoms with E-state index in [9.17, 15) is 0 Å². The van der Waals surface area contributed by atoms with Gasteiger partial charge >= 0.3 is 0 Å². The van der Waals surface area contributed by atoms with Gasteiger partial charge in [0.15, 0.2) is 0 Å². The van der Waals surface area contributed by atoms with Crippen molar-refractivity contribution in [3.63, 3.8) is 0 Å². The number of rotatable bonds is 1. The Morgan fingerprint density at radius 2 is 1.88 bits per heavy atom. The zero-order valence-corrected chi connectivity index (χ0v) is 16.0. The smallest absolute Gasteiger partial charge is 0.141 e. The highest BCUT2D eigenvalue weighted by atomic mass is 79.9. The second-order valence-electron chi connectivity index (χ2n) is 6.78. The van der Waals surface area contributed by atoms with Gasteiger partial charge < -0.3 is 5.32 Å². The van der Waals surface area contributed by atoms with Crippen molar-refractivity contribution in [3.05, 3.63) is 56.3 Å². The lowest BCUT2D eigenvalue weighted by Crippen LogP contribution is -2.32. The van der Waals surface area contributed by atoms with Crippen molar-refractivity contribution in [2.75, 3.05) is 13.1 Å². The van der Waals surface area contributed by atoms with Crippen LogP contribution in [0.25, 0.3) is 12.2 Å². The topological polar surface area (TPSA) is 24.9 Å². The Hall–Kier alpha value is -1.10. The Bertz CT molecular complexity index is 815. The molecule has 1 unspecified atom stereocenters. The molecule has 0 radical (unpaired) electrons. The van der Waals surface area contributed by atoms with Crippen LogP contribution in [0, 0.1) is 5.92 Å². The molecule has 2 aromatic rings. The molecule has 122 valence electrons. The predicted octanol–water partition coefficient (Wildman–Crippen LogP) is 3.37. The van der Waals surface area contributed by atoms with E-state index in [1.165, 1.54) is 40.7 Å².